The molecule has 0 saturated carbocycles. The minimum Gasteiger partial charge on any atom is -0.381 e. The Morgan fingerprint density at radius 1 is 1.19 bits per heavy atom. The highest BCUT2D eigenvalue weighted by molar-refractivity contribution is 5.76. The largest absolute Gasteiger partial charge is 0.381 e. The Morgan fingerprint density at radius 2 is 1.89 bits per heavy atom. The summed E-state index contributed by atoms with van der Waals surface area (Å²) in [6.07, 6.45) is 7.57. The average molecular weight is 373 g/mol. The lowest BCUT2D eigenvalue weighted by Gasteiger charge is -2.34. The Morgan fingerprint density at radius 3 is 2.41 bits per heavy atom. The van der Waals surface area contributed by atoms with Crippen LogP contribution in [0.5, 0.6) is 0 Å². The number of ether oxygens (including phenoxy) is 1. The van der Waals surface area contributed by atoms with E-state index in [1.807, 2.05) is 12.1 Å². The number of hydrogen-bond acceptors (Lipinski definition) is 4. The summed E-state index contributed by atoms with van der Waals surface area (Å²) in [5.74, 6) is 0.636. The molecule has 5 heteroatoms. The first-order chi connectivity index (χ1) is 12.8. The first kappa shape index (κ1) is 19.9. The molecule has 1 atom stereocenters. The van der Waals surface area contributed by atoms with E-state index >= 15 is 0 Å². The lowest BCUT2D eigenvalue weighted by Crippen LogP contribution is -2.36. The molecular weight excluding hydrogens is 340 g/mol. The predicted molar refractivity (Wildman–Crippen MR) is 110 cm³/mol. The van der Waals surface area contributed by atoms with Gasteiger partial charge in [-0.05, 0) is 61.1 Å². The molecule has 0 amide bonds. The van der Waals surface area contributed by atoms with Crippen LogP contribution in [0, 0.1) is 21.4 Å². The second-order valence-electron chi connectivity index (χ2n) is 8.95. The van der Waals surface area contributed by atoms with Crippen molar-refractivity contribution < 1.29 is 9.66 Å². The van der Waals surface area contributed by atoms with Crippen molar-refractivity contribution in [3.8, 4) is 0 Å². The molecule has 1 aromatic carbocycles. The third-order valence-electron chi connectivity index (χ3n) is 6.30. The number of rotatable bonds is 4. The maximum absolute atomic E-state index is 11.6. The molecule has 0 spiro atoms. The highest BCUT2D eigenvalue weighted by Crippen LogP contribution is 2.42. The second kappa shape index (κ2) is 8.01. The van der Waals surface area contributed by atoms with Gasteiger partial charge in [-0.2, -0.15) is 0 Å². The fourth-order valence-corrected chi connectivity index (χ4v) is 4.35. The van der Waals surface area contributed by atoms with Gasteiger partial charge in [0.1, 0.15) is 0 Å². The van der Waals surface area contributed by atoms with E-state index in [0.29, 0.717) is 12.0 Å². The van der Waals surface area contributed by atoms with Gasteiger partial charge >= 0.3 is 0 Å². The smallest absolute Gasteiger partial charge is 0.277 e. The summed E-state index contributed by atoms with van der Waals surface area (Å²) in [6, 6.07) is 5.62. The maximum atomic E-state index is 11.6. The van der Waals surface area contributed by atoms with E-state index in [0.717, 1.165) is 62.0 Å². The zero-order valence-corrected chi connectivity index (χ0v) is 17.0. The van der Waals surface area contributed by atoms with Crippen molar-refractivity contribution in [2.24, 2.45) is 11.3 Å². The summed E-state index contributed by atoms with van der Waals surface area (Å²) in [5, 5.41) is 11.6. The molecule has 0 aromatic heterocycles. The quantitative estimate of drug-likeness (QED) is 0.522. The number of anilines is 1. The summed E-state index contributed by atoms with van der Waals surface area (Å²) in [7, 11) is 1.77. The average Bonchev–Trinajstić information content (AvgIpc) is 2.67. The van der Waals surface area contributed by atoms with Gasteiger partial charge < -0.3 is 9.64 Å². The van der Waals surface area contributed by atoms with Crippen LogP contribution in [0.2, 0.25) is 0 Å². The first-order valence-corrected chi connectivity index (χ1v) is 10.0. The molecule has 2 aliphatic rings. The van der Waals surface area contributed by atoms with Gasteiger partial charge in [0, 0.05) is 32.0 Å². The van der Waals surface area contributed by atoms with E-state index in [1.54, 1.807) is 13.2 Å². The van der Waals surface area contributed by atoms with Crippen molar-refractivity contribution >= 4 is 16.9 Å². The molecule has 1 aliphatic heterocycles. The van der Waals surface area contributed by atoms with Gasteiger partial charge in [-0.15, -0.1) is 0 Å². The topological polar surface area (TPSA) is 55.6 Å². The van der Waals surface area contributed by atoms with Crippen LogP contribution in [0.15, 0.2) is 24.3 Å². The molecule has 148 valence electrons. The third-order valence-corrected chi connectivity index (χ3v) is 6.30. The van der Waals surface area contributed by atoms with Gasteiger partial charge in [0.25, 0.3) is 5.69 Å². The summed E-state index contributed by atoms with van der Waals surface area (Å²) in [6.45, 7) is 8.71. The SMILES string of the molecule is COC1CCN(c2ccc([N+](=O)[O-])c(C3=CCC(C(C)(C)C)CC3)c2)CC1. The van der Waals surface area contributed by atoms with Crippen molar-refractivity contribution in [1.29, 1.82) is 0 Å². The van der Waals surface area contributed by atoms with Crippen molar-refractivity contribution in [2.45, 2.75) is 59.0 Å². The molecule has 27 heavy (non-hydrogen) atoms. The van der Waals surface area contributed by atoms with Crippen LogP contribution in [-0.2, 0) is 4.74 Å². The van der Waals surface area contributed by atoms with Crippen LogP contribution in [-0.4, -0.2) is 31.2 Å². The van der Waals surface area contributed by atoms with Crippen LogP contribution < -0.4 is 4.90 Å². The number of nitro benzene ring substituents is 1. The van der Waals surface area contributed by atoms with E-state index in [-0.39, 0.29) is 16.0 Å². The molecular formula is C22H32N2O3. The molecule has 5 nitrogen and oxygen atoms in total. The highest BCUT2D eigenvalue weighted by atomic mass is 16.6. The Kier molecular flexibility index (Phi) is 5.89. The zero-order valence-electron chi connectivity index (χ0n) is 17.0. The monoisotopic (exact) mass is 372 g/mol. The van der Waals surface area contributed by atoms with Gasteiger partial charge in [-0.3, -0.25) is 10.1 Å². The number of allylic oxidation sites excluding steroid dienone is 2. The summed E-state index contributed by atoms with van der Waals surface area (Å²) in [4.78, 5) is 13.7. The Balaban J connectivity index is 1.85. The third kappa shape index (κ3) is 4.52. The Hall–Kier alpha value is -1.88. The number of nitrogens with zero attached hydrogens (tertiary/aromatic N) is 2. The lowest BCUT2D eigenvalue weighted by molar-refractivity contribution is -0.385. The fourth-order valence-electron chi connectivity index (χ4n) is 4.35. The van der Waals surface area contributed by atoms with Crippen molar-refractivity contribution in [2.75, 3.05) is 25.1 Å². The van der Waals surface area contributed by atoms with Crippen LogP contribution in [0.3, 0.4) is 0 Å². The molecule has 1 heterocycles. The van der Waals surface area contributed by atoms with Gasteiger partial charge in [0.15, 0.2) is 0 Å². The second-order valence-corrected chi connectivity index (χ2v) is 8.95. The molecule has 0 bridgehead atoms. The van der Waals surface area contributed by atoms with Crippen LogP contribution in [0.25, 0.3) is 5.57 Å². The van der Waals surface area contributed by atoms with Gasteiger partial charge in [0.2, 0.25) is 0 Å². The van der Waals surface area contributed by atoms with E-state index < -0.39 is 0 Å². The Labute approximate surface area is 162 Å². The number of nitro groups is 1. The lowest BCUT2D eigenvalue weighted by atomic mass is 9.72. The standard InChI is InChI=1S/C22H32N2O3/c1-22(2,3)17-7-5-16(6-8-17)20-15-18(9-10-21(20)24(25)26)23-13-11-19(27-4)12-14-23/h5,9-10,15,17,19H,6-8,11-14H2,1-4H3. The van der Waals surface area contributed by atoms with E-state index in [4.69, 9.17) is 4.74 Å². The fraction of sp³-hybridized carbons (Fsp3) is 0.636. The summed E-state index contributed by atoms with van der Waals surface area (Å²) < 4.78 is 5.46. The number of hydrogen-bond donors (Lipinski definition) is 0. The molecule has 0 N–H and O–H groups in total. The summed E-state index contributed by atoms with van der Waals surface area (Å²) >= 11 is 0. The number of piperidine rings is 1. The van der Waals surface area contributed by atoms with Crippen LogP contribution in [0.4, 0.5) is 11.4 Å². The van der Waals surface area contributed by atoms with Crippen molar-refractivity contribution in [3.05, 3.63) is 40.0 Å². The van der Waals surface area contributed by atoms with Crippen LogP contribution >= 0.6 is 0 Å². The normalized spacial score (nSPS) is 21.9. The van der Waals surface area contributed by atoms with Crippen LogP contribution in [0.1, 0.15) is 58.4 Å². The Bertz CT molecular complexity index is 713. The van der Waals surface area contributed by atoms with E-state index in [1.165, 1.54) is 0 Å². The predicted octanol–water partition coefficient (Wildman–Crippen LogP) is 5.44. The zero-order chi connectivity index (χ0) is 19.6. The van der Waals surface area contributed by atoms with Gasteiger partial charge in [-0.1, -0.05) is 26.8 Å². The van der Waals surface area contributed by atoms with Crippen molar-refractivity contribution in [3.63, 3.8) is 0 Å². The molecule has 3 rings (SSSR count). The number of methoxy groups -OCH3 is 1. The first-order valence-electron chi connectivity index (χ1n) is 10.0. The molecule has 1 aromatic rings. The molecule has 1 fully saturated rings. The molecule has 1 saturated heterocycles. The summed E-state index contributed by atoms with van der Waals surface area (Å²) in [5.41, 5.74) is 3.53. The molecule has 1 unspecified atom stereocenters. The number of benzene rings is 1. The van der Waals surface area contributed by atoms with E-state index in [2.05, 4.69) is 31.7 Å². The van der Waals surface area contributed by atoms with Crippen molar-refractivity contribution in [1.82, 2.24) is 0 Å². The molecule has 0 radical (unpaired) electrons. The minimum absolute atomic E-state index is 0.228. The molecule has 1 aliphatic carbocycles. The minimum atomic E-state index is -0.243. The van der Waals surface area contributed by atoms with Gasteiger partial charge in [0.05, 0.1) is 16.6 Å². The highest BCUT2D eigenvalue weighted by Gasteiger charge is 2.29. The van der Waals surface area contributed by atoms with Gasteiger partial charge in [-0.25, -0.2) is 0 Å². The maximum Gasteiger partial charge on any atom is 0.277 e. The van der Waals surface area contributed by atoms with E-state index in [9.17, 15) is 10.1 Å².